The molecule has 1 aliphatic carbocycles. The van der Waals surface area contributed by atoms with E-state index in [9.17, 15) is 9.59 Å². The molecule has 5 heteroatoms. The first kappa shape index (κ1) is 16.6. The molecule has 1 aromatic carbocycles. The molecule has 0 unspecified atom stereocenters. The third-order valence-corrected chi connectivity index (χ3v) is 3.91. The lowest BCUT2D eigenvalue weighted by Gasteiger charge is -2.08. The summed E-state index contributed by atoms with van der Waals surface area (Å²) in [4.78, 5) is 23.8. The van der Waals surface area contributed by atoms with Gasteiger partial charge in [-0.25, -0.2) is 9.59 Å². The zero-order valence-corrected chi connectivity index (χ0v) is 13.4. The molecule has 0 N–H and O–H groups in total. The van der Waals surface area contributed by atoms with Crippen LogP contribution in [0.15, 0.2) is 35.9 Å². The maximum absolute atomic E-state index is 12.1. The molecule has 0 aliphatic heterocycles. The Labute approximate surface area is 135 Å². The highest BCUT2D eigenvalue weighted by Crippen LogP contribution is 2.53. The summed E-state index contributed by atoms with van der Waals surface area (Å²) < 4.78 is 9.94. The van der Waals surface area contributed by atoms with Crippen molar-refractivity contribution in [1.29, 1.82) is 0 Å². The largest absolute Gasteiger partial charge is 0.463 e. The molecule has 1 fully saturated rings. The van der Waals surface area contributed by atoms with Crippen molar-refractivity contribution in [2.24, 2.45) is 5.92 Å². The monoisotopic (exact) mass is 322 g/mol. The lowest BCUT2D eigenvalue weighted by Crippen LogP contribution is -2.13. The molecule has 1 saturated carbocycles. The van der Waals surface area contributed by atoms with Crippen molar-refractivity contribution < 1.29 is 19.1 Å². The average Bonchev–Trinajstić information content (AvgIpc) is 3.26. The van der Waals surface area contributed by atoms with Gasteiger partial charge in [-0.3, -0.25) is 0 Å². The SMILES string of the molecule is CCOC(=O)/C=C(\C(=O)OCC)[C@@H]1C[C@@H]1c1ccccc1Cl. The topological polar surface area (TPSA) is 52.6 Å². The van der Waals surface area contributed by atoms with Gasteiger partial charge >= 0.3 is 11.9 Å². The molecule has 1 aromatic rings. The molecule has 0 saturated heterocycles. The second kappa shape index (κ2) is 7.45. The fourth-order valence-corrected chi connectivity index (χ4v) is 2.78. The van der Waals surface area contributed by atoms with E-state index in [4.69, 9.17) is 21.1 Å². The van der Waals surface area contributed by atoms with Crippen molar-refractivity contribution in [3.8, 4) is 0 Å². The minimum atomic E-state index is -0.518. The Bertz CT molecular complexity index is 594. The van der Waals surface area contributed by atoms with Crippen LogP contribution in [0.5, 0.6) is 0 Å². The molecule has 4 nitrogen and oxygen atoms in total. The van der Waals surface area contributed by atoms with Crippen LogP contribution in [-0.4, -0.2) is 25.2 Å². The van der Waals surface area contributed by atoms with Gasteiger partial charge in [0, 0.05) is 16.7 Å². The summed E-state index contributed by atoms with van der Waals surface area (Å²) in [5, 5.41) is 0.675. The highest BCUT2D eigenvalue weighted by Gasteiger charge is 2.45. The maximum Gasteiger partial charge on any atom is 0.334 e. The number of carbonyl (C=O) groups is 2. The molecule has 0 spiro atoms. The molecule has 2 atom stereocenters. The van der Waals surface area contributed by atoms with Crippen LogP contribution < -0.4 is 0 Å². The Morgan fingerprint density at radius 3 is 2.55 bits per heavy atom. The number of hydrogen-bond acceptors (Lipinski definition) is 4. The van der Waals surface area contributed by atoms with Gasteiger partial charge in [0.25, 0.3) is 0 Å². The zero-order chi connectivity index (χ0) is 16.1. The maximum atomic E-state index is 12.1. The first-order valence-electron chi connectivity index (χ1n) is 7.38. The van der Waals surface area contributed by atoms with E-state index < -0.39 is 11.9 Å². The van der Waals surface area contributed by atoms with Crippen LogP contribution in [0.1, 0.15) is 31.7 Å². The van der Waals surface area contributed by atoms with Gasteiger partial charge in [0.15, 0.2) is 0 Å². The van der Waals surface area contributed by atoms with E-state index in [0.717, 1.165) is 12.0 Å². The fraction of sp³-hybridized carbons (Fsp3) is 0.412. The molecule has 0 aromatic heterocycles. The van der Waals surface area contributed by atoms with E-state index in [2.05, 4.69) is 0 Å². The van der Waals surface area contributed by atoms with E-state index in [1.165, 1.54) is 6.08 Å². The van der Waals surface area contributed by atoms with E-state index in [-0.39, 0.29) is 25.0 Å². The molecule has 22 heavy (non-hydrogen) atoms. The molecule has 0 heterocycles. The number of hydrogen-bond donors (Lipinski definition) is 0. The average molecular weight is 323 g/mol. The summed E-state index contributed by atoms with van der Waals surface area (Å²) in [5.41, 5.74) is 1.36. The number of benzene rings is 1. The van der Waals surface area contributed by atoms with Gasteiger partial charge in [0.1, 0.15) is 0 Å². The Balaban J connectivity index is 2.19. The van der Waals surface area contributed by atoms with Crippen LogP contribution in [0.2, 0.25) is 5.02 Å². The molecule has 118 valence electrons. The van der Waals surface area contributed by atoms with Gasteiger partial charge in [-0.1, -0.05) is 29.8 Å². The number of halogens is 1. The van der Waals surface area contributed by atoms with E-state index in [0.29, 0.717) is 10.6 Å². The second-order valence-electron chi connectivity index (χ2n) is 5.04. The molecular weight excluding hydrogens is 304 g/mol. The number of esters is 2. The van der Waals surface area contributed by atoms with Gasteiger partial charge in [0.05, 0.1) is 13.2 Å². The lowest BCUT2D eigenvalue weighted by atomic mass is 10.0. The van der Waals surface area contributed by atoms with E-state index in [1.807, 2.05) is 24.3 Å². The zero-order valence-electron chi connectivity index (χ0n) is 12.7. The number of ether oxygens (including phenoxy) is 2. The normalized spacial score (nSPS) is 20.4. The third kappa shape index (κ3) is 3.89. The van der Waals surface area contributed by atoms with Crippen molar-refractivity contribution in [3.63, 3.8) is 0 Å². The summed E-state index contributed by atoms with van der Waals surface area (Å²) in [5.74, 6) is -0.896. The van der Waals surface area contributed by atoms with Crippen LogP contribution in [0.4, 0.5) is 0 Å². The quantitative estimate of drug-likeness (QED) is 0.594. The van der Waals surface area contributed by atoms with Crippen LogP contribution in [0, 0.1) is 5.92 Å². The van der Waals surface area contributed by atoms with E-state index in [1.54, 1.807) is 13.8 Å². The summed E-state index contributed by atoms with van der Waals surface area (Å²) >= 11 is 6.20. The summed E-state index contributed by atoms with van der Waals surface area (Å²) in [6.45, 7) is 3.99. The fourth-order valence-electron chi connectivity index (χ4n) is 2.50. The van der Waals surface area contributed by atoms with Gasteiger partial charge in [-0.2, -0.15) is 0 Å². The smallest absolute Gasteiger partial charge is 0.334 e. The summed E-state index contributed by atoms with van der Waals surface area (Å²) in [6.07, 6.45) is 2.02. The molecule has 2 rings (SSSR count). The summed E-state index contributed by atoms with van der Waals surface area (Å²) in [7, 11) is 0. The van der Waals surface area contributed by atoms with Crippen LogP contribution >= 0.6 is 11.6 Å². The lowest BCUT2D eigenvalue weighted by molar-refractivity contribution is -0.141. The van der Waals surface area contributed by atoms with Crippen molar-refractivity contribution in [2.75, 3.05) is 13.2 Å². The molecule has 0 radical (unpaired) electrons. The standard InChI is InChI=1S/C17H19ClO4/c1-3-21-16(19)10-14(17(20)22-4-2)13-9-12(13)11-7-5-6-8-15(11)18/h5-8,10,12-13H,3-4,9H2,1-2H3/b14-10-/t12-,13-/m1/s1. The Morgan fingerprint density at radius 1 is 1.23 bits per heavy atom. The Morgan fingerprint density at radius 2 is 1.91 bits per heavy atom. The predicted octanol–water partition coefficient (Wildman–Crippen LogP) is 3.50. The minimum Gasteiger partial charge on any atom is -0.463 e. The minimum absolute atomic E-state index is 0.0524. The third-order valence-electron chi connectivity index (χ3n) is 3.57. The van der Waals surface area contributed by atoms with Crippen molar-refractivity contribution in [1.82, 2.24) is 0 Å². The van der Waals surface area contributed by atoms with Crippen LogP contribution in [0.25, 0.3) is 0 Å². The van der Waals surface area contributed by atoms with Gasteiger partial charge in [-0.05, 0) is 43.7 Å². The molecule has 1 aliphatic rings. The second-order valence-corrected chi connectivity index (χ2v) is 5.45. The molecule has 0 amide bonds. The van der Waals surface area contributed by atoms with Gasteiger partial charge in [0.2, 0.25) is 0 Å². The first-order valence-corrected chi connectivity index (χ1v) is 7.76. The Kier molecular flexibility index (Phi) is 5.61. The van der Waals surface area contributed by atoms with Crippen molar-refractivity contribution in [2.45, 2.75) is 26.2 Å². The van der Waals surface area contributed by atoms with Crippen molar-refractivity contribution in [3.05, 3.63) is 46.5 Å². The molecule has 0 bridgehead atoms. The van der Waals surface area contributed by atoms with Gasteiger partial charge in [-0.15, -0.1) is 0 Å². The Hall–Kier alpha value is -1.81. The predicted molar refractivity (Wildman–Crippen MR) is 83.6 cm³/mol. The number of carbonyl (C=O) groups excluding carboxylic acids is 2. The highest BCUT2D eigenvalue weighted by molar-refractivity contribution is 6.31. The van der Waals surface area contributed by atoms with E-state index >= 15 is 0 Å². The molecular formula is C17H19ClO4. The highest BCUT2D eigenvalue weighted by atomic mass is 35.5. The van der Waals surface area contributed by atoms with Gasteiger partial charge < -0.3 is 9.47 Å². The summed E-state index contributed by atoms with van der Waals surface area (Å²) in [6, 6.07) is 7.55. The van der Waals surface area contributed by atoms with Crippen LogP contribution in [-0.2, 0) is 19.1 Å². The van der Waals surface area contributed by atoms with Crippen molar-refractivity contribution >= 4 is 23.5 Å². The van der Waals surface area contributed by atoms with Crippen LogP contribution in [0.3, 0.4) is 0 Å². The first-order chi connectivity index (χ1) is 10.6. The number of rotatable bonds is 6.